The standard InChI is InChI=1S/C26H28N8O/c1-3-6-22(16(2)27)31-23(35)18-11-9-17(10-12-18)15-29-25-32-24(28)33-26(34-25)30-21-13-19-7-4-5-8-20(19)14-21/h3-12,21H,1-2,13-15,27H2,(H,31,35)(H4,28,29,30,32,33,34)/b22-6+. The molecule has 0 saturated heterocycles. The minimum atomic E-state index is -0.292. The summed E-state index contributed by atoms with van der Waals surface area (Å²) in [6, 6.07) is 15.7. The fourth-order valence-electron chi connectivity index (χ4n) is 3.88. The molecule has 1 amide bonds. The Morgan fingerprint density at radius 2 is 1.69 bits per heavy atom. The number of nitrogen functional groups attached to an aromatic ring is 1. The lowest BCUT2D eigenvalue weighted by molar-refractivity contribution is 0.0966. The van der Waals surface area contributed by atoms with Crippen LogP contribution >= 0.6 is 0 Å². The highest BCUT2D eigenvalue weighted by Gasteiger charge is 2.21. The normalized spacial score (nSPS) is 13.1. The number of nitrogens with one attached hydrogen (secondary N) is 3. The van der Waals surface area contributed by atoms with Crippen molar-refractivity contribution in [3.8, 4) is 0 Å². The molecule has 1 aromatic heterocycles. The number of aromatic nitrogens is 3. The maximum Gasteiger partial charge on any atom is 0.255 e. The van der Waals surface area contributed by atoms with Crippen molar-refractivity contribution in [2.45, 2.75) is 25.4 Å². The number of nitrogens with two attached hydrogens (primary N) is 2. The van der Waals surface area contributed by atoms with Gasteiger partial charge in [0.25, 0.3) is 5.91 Å². The number of amides is 1. The first-order chi connectivity index (χ1) is 16.9. The number of hydrogen-bond donors (Lipinski definition) is 5. The third kappa shape index (κ3) is 6.02. The Hall–Kier alpha value is -4.66. The van der Waals surface area contributed by atoms with Gasteiger partial charge in [0, 0.05) is 23.8 Å². The van der Waals surface area contributed by atoms with E-state index in [0.717, 1.165) is 18.4 Å². The fraction of sp³-hybridized carbons (Fsp3) is 0.154. The molecule has 7 N–H and O–H groups in total. The summed E-state index contributed by atoms with van der Waals surface area (Å²) >= 11 is 0. The first kappa shape index (κ1) is 23.5. The smallest absolute Gasteiger partial charge is 0.255 e. The molecule has 9 nitrogen and oxygen atoms in total. The van der Waals surface area contributed by atoms with E-state index in [4.69, 9.17) is 11.5 Å². The minimum Gasteiger partial charge on any atom is -0.398 e. The van der Waals surface area contributed by atoms with Crippen LogP contribution in [0.4, 0.5) is 17.8 Å². The predicted octanol–water partition coefficient (Wildman–Crippen LogP) is 2.92. The van der Waals surface area contributed by atoms with Crippen molar-refractivity contribution in [2.75, 3.05) is 16.4 Å². The molecule has 2 aromatic carbocycles. The molecule has 1 aliphatic carbocycles. The maximum absolute atomic E-state index is 12.5. The summed E-state index contributed by atoms with van der Waals surface area (Å²) in [4.78, 5) is 25.3. The van der Waals surface area contributed by atoms with Crippen LogP contribution in [0.3, 0.4) is 0 Å². The summed E-state index contributed by atoms with van der Waals surface area (Å²) in [7, 11) is 0. The summed E-state index contributed by atoms with van der Waals surface area (Å²) < 4.78 is 0. The number of rotatable bonds is 9. The van der Waals surface area contributed by atoms with Crippen molar-refractivity contribution in [3.05, 3.63) is 107 Å². The Labute approximate surface area is 204 Å². The Morgan fingerprint density at radius 1 is 1.03 bits per heavy atom. The van der Waals surface area contributed by atoms with Gasteiger partial charge in [-0.15, -0.1) is 0 Å². The van der Waals surface area contributed by atoms with E-state index in [1.54, 1.807) is 18.2 Å². The zero-order chi connectivity index (χ0) is 24.8. The quantitative estimate of drug-likeness (QED) is 0.302. The van der Waals surface area contributed by atoms with Crippen LogP contribution in [-0.2, 0) is 19.4 Å². The number of fused-ring (bicyclic) bond motifs is 1. The number of nitrogens with zero attached hydrogens (tertiary/aromatic N) is 3. The van der Waals surface area contributed by atoms with Gasteiger partial charge in [-0.05, 0) is 47.7 Å². The molecule has 0 atom stereocenters. The number of hydrogen-bond acceptors (Lipinski definition) is 8. The lowest BCUT2D eigenvalue weighted by Gasteiger charge is -2.13. The van der Waals surface area contributed by atoms with Gasteiger partial charge in [0.05, 0.1) is 5.70 Å². The highest BCUT2D eigenvalue weighted by molar-refractivity contribution is 5.95. The van der Waals surface area contributed by atoms with Gasteiger partial charge in [-0.1, -0.05) is 55.6 Å². The van der Waals surface area contributed by atoms with E-state index in [1.807, 2.05) is 12.1 Å². The molecular weight excluding hydrogens is 440 g/mol. The van der Waals surface area contributed by atoms with E-state index in [-0.39, 0.29) is 23.6 Å². The van der Waals surface area contributed by atoms with Gasteiger partial charge in [0.15, 0.2) is 0 Å². The van der Waals surface area contributed by atoms with E-state index in [9.17, 15) is 4.79 Å². The highest BCUT2D eigenvalue weighted by Crippen LogP contribution is 2.24. The average molecular weight is 469 g/mol. The summed E-state index contributed by atoms with van der Waals surface area (Å²) in [6.45, 7) is 7.70. The molecule has 4 rings (SSSR count). The summed E-state index contributed by atoms with van der Waals surface area (Å²) in [5.41, 5.74) is 16.4. The molecular formula is C26H28N8O. The molecule has 0 fully saturated rings. The van der Waals surface area contributed by atoms with Crippen LogP contribution in [0, 0.1) is 0 Å². The van der Waals surface area contributed by atoms with Crippen molar-refractivity contribution in [3.63, 3.8) is 0 Å². The molecule has 1 aliphatic rings. The van der Waals surface area contributed by atoms with Crippen LogP contribution in [0.2, 0.25) is 0 Å². The van der Waals surface area contributed by atoms with Gasteiger partial charge in [-0.25, -0.2) is 0 Å². The summed E-state index contributed by atoms with van der Waals surface area (Å²) in [5.74, 6) is 0.657. The van der Waals surface area contributed by atoms with Crippen LogP contribution in [0.25, 0.3) is 0 Å². The van der Waals surface area contributed by atoms with E-state index in [2.05, 4.69) is 68.3 Å². The van der Waals surface area contributed by atoms with Crippen LogP contribution < -0.4 is 27.4 Å². The van der Waals surface area contributed by atoms with Crippen molar-refractivity contribution in [2.24, 2.45) is 5.73 Å². The third-order valence-corrected chi connectivity index (χ3v) is 5.58. The number of benzene rings is 2. The van der Waals surface area contributed by atoms with Gasteiger partial charge in [-0.2, -0.15) is 15.0 Å². The largest absolute Gasteiger partial charge is 0.398 e. The predicted molar refractivity (Wildman–Crippen MR) is 138 cm³/mol. The second-order valence-electron chi connectivity index (χ2n) is 8.20. The topological polar surface area (TPSA) is 144 Å². The molecule has 0 spiro atoms. The van der Waals surface area contributed by atoms with Crippen molar-refractivity contribution in [1.82, 2.24) is 20.3 Å². The SMILES string of the molecule is C=C/C=C(/NC(=O)c1ccc(CNc2nc(N)nc(NC3Cc4ccccc4C3)n2)cc1)C(=C)N. The summed E-state index contributed by atoms with van der Waals surface area (Å²) in [5, 5.41) is 9.25. The lowest BCUT2D eigenvalue weighted by Crippen LogP contribution is -2.25. The molecule has 9 heteroatoms. The van der Waals surface area contributed by atoms with Gasteiger partial charge in [0.2, 0.25) is 17.8 Å². The Bertz CT molecular complexity index is 1260. The van der Waals surface area contributed by atoms with Crippen LogP contribution in [-0.4, -0.2) is 26.9 Å². The van der Waals surface area contributed by atoms with Crippen LogP contribution in [0.5, 0.6) is 0 Å². The van der Waals surface area contributed by atoms with Gasteiger partial charge >= 0.3 is 0 Å². The van der Waals surface area contributed by atoms with E-state index in [1.165, 1.54) is 17.2 Å². The molecule has 0 bridgehead atoms. The Morgan fingerprint density at radius 3 is 2.31 bits per heavy atom. The molecule has 35 heavy (non-hydrogen) atoms. The zero-order valence-electron chi connectivity index (χ0n) is 19.3. The second-order valence-corrected chi connectivity index (χ2v) is 8.20. The monoisotopic (exact) mass is 468 g/mol. The number of anilines is 3. The number of allylic oxidation sites excluding steroid dienone is 2. The second kappa shape index (κ2) is 10.5. The zero-order valence-corrected chi connectivity index (χ0v) is 19.3. The molecule has 178 valence electrons. The van der Waals surface area contributed by atoms with Crippen molar-refractivity contribution >= 4 is 23.8 Å². The van der Waals surface area contributed by atoms with E-state index >= 15 is 0 Å². The highest BCUT2D eigenvalue weighted by atomic mass is 16.1. The molecule has 0 radical (unpaired) electrons. The Balaban J connectivity index is 1.35. The first-order valence-electron chi connectivity index (χ1n) is 11.2. The van der Waals surface area contributed by atoms with Crippen LogP contribution in [0.15, 0.2) is 85.2 Å². The van der Waals surface area contributed by atoms with Gasteiger partial charge in [-0.3, -0.25) is 4.79 Å². The average Bonchev–Trinajstić information content (AvgIpc) is 3.24. The maximum atomic E-state index is 12.5. The van der Waals surface area contributed by atoms with Gasteiger partial charge < -0.3 is 27.4 Å². The number of carbonyl (C=O) groups is 1. The van der Waals surface area contributed by atoms with Crippen molar-refractivity contribution < 1.29 is 4.79 Å². The molecule has 3 aromatic rings. The lowest BCUT2D eigenvalue weighted by atomic mass is 10.1. The molecule has 0 saturated carbocycles. The minimum absolute atomic E-state index is 0.136. The van der Waals surface area contributed by atoms with E-state index in [0.29, 0.717) is 29.7 Å². The van der Waals surface area contributed by atoms with Gasteiger partial charge in [0.1, 0.15) is 0 Å². The third-order valence-electron chi connectivity index (χ3n) is 5.58. The van der Waals surface area contributed by atoms with E-state index < -0.39 is 0 Å². The fourth-order valence-corrected chi connectivity index (χ4v) is 3.88. The Kier molecular flexibility index (Phi) is 7.06. The van der Waals surface area contributed by atoms with Crippen LogP contribution in [0.1, 0.15) is 27.0 Å². The summed E-state index contributed by atoms with van der Waals surface area (Å²) in [6.07, 6.45) is 4.95. The first-order valence-corrected chi connectivity index (χ1v) is 11.2. The number of carbonyl (C=O) groups excluding carboxylic acids is 1. The molecule has 0 aliphatic heterocycles. The molecule has 0 unspecified atom stereocenters. The molecule has 1 heterocycles. The van der Waals surface area contributed by atoms with Crippen molar-refractivity contribution in [1.29, 1.82) is 0 Å².